The number of carbonyl (C=O) groups excluding carboxylic acids is 2. The molecule has 0 aromatic heterocycles. The van der Waals surface area contributed by atoms with Crippen molar-refractivity contribution in [2.24, 2.45) is 0 Å². The highest BCUT2D eigenvalue weighted by Gasteiger charge is 2.18. The van der Waals surface area contributed by atoms with Crippen LogP contribution in [0.4, 0.5) is 0 Å². The van der Waals surface area contributed by atoms with E-state index in [9.17, 15) is 9.59 Å². The smallest absolute Gasteiger partial charge is 0.257 e. The van der Waals surface area contributed by atoms with Crippen molar-refractivity contribution in [1.82, 2.24) is 10.6 Å². The molecule has 0 aliphatic carbocycles. The van der Waals surface area contributed by atoms with Crippen molar-refractivity contribution in [3.63, 3.8) is 0 Å². The van der Waals surface area contributed by atoms with Crippen LogP contribution in [-0.4, -0.2) is 11.8 Å². The zero-order chi connectivity index (χ0) is 20.5. The van der Waals surface area contributed by atoms with Crippen LogP contribution in [0.2, 0.25) is 0 Å². The molecule has 0 spiro atoms. The molecule has 3 aromatic rings. The molecule has 29 heavy (non-hydrogen) atoms. The first-order valence-corrected chi connectivity index (χ1v) is 9.54. The molecule has 0 unspecified atom stereocenters. The van der Waals surface area contributed by atoms with E-state index in [-0.39, 0.29) is 5.57 Å². The predicted octanol–water partition coefficient (Wildman–Crippen LogP) is 4.01. The zero-order valence-corrected chi connectivity index (χ0v) is 16.4. The summed E-state index contributed by atoms with van der Waals surface area (Å²) in [4.78, 5) is 25.6. The van der Waals surface area contributed by atoms with Gasteiger partial charge < -0.3 is 10.6 Å². The minimum Gasteiger partial charge on any atom is -0.348 e. The number of nitrogens with one attached hydrogen (secondary N) is 2. The number of benzene rings is 3. The Morgan fingerprint density at radius 1 is 0.690 bits per heavy atom. The largest absolute Gasteiger partial charge is 0.348 e. The second-order valence-electron chi connectivity index (χ2n) is 6.81. The first-order valence-electron chi connectivity index (χ1n) is 9.54. The van der Waals surface area contributed by atoms with E-state index < -0.39 is 11.8 Å². The number of carbonyl (C=O) groups is 2. The summed E-state index contributed by atoms with van der Waals surface area (Å²) < 4.78 is 0. The average molecular weight is 384 g/mol. The van der Waals surface area contributed by atoms with E-state index in [0.29, 0.717) is 13.1 Å². The molecule has 146 valence electrons. The quantitative estimate of drug-likeness (QED) is 0.367. The van der Waals surface area contributed by atoms with Crippen molar-refractivity contribution in [2.75, 3.05) is 0 Å². The standard InChI is InChI=1S/C25H24N2O2/c1-19-12-14-20(15-13-19)16-23(24(28)26-17-21-8-4-2-5-9-21)25(29)27-18-22-10-6-3-7-11-22/h2-16H,17-18H2,1H3,(H,26,28)(H,27,29). The molecule has 2 amide bonds. The van der Waals surface area contributed by atoms with Crippen LogP contribution in [0.3, 0.4) is 0 Å². The Labute approximate surface area is 171 Å². The number of hydrogen-bond donors (Lipinski definition) is 2. The van der Waals surface area contributed by atoms with Crippen molar-refractivity contribution < 1.29 is 9.59 Å². The van der Waals surface area contributed by atoms with E-state index in [1.165, 1.54) is 0 Å². The van der Waals surface area contributed by atoms with Crippen LogP contribution in [0.25, 0.3) is 6.08 Å². The summed E-state index contributed by atoms with van der Waals surface area (Å²) in [5.74, 6) is -0.806. The van der Waals surface area contributed by atoms with Crippen molar-refractivity contribution >= 4 is 17.9 Å². The molecule has 3 aromatic carbocycles. The predicted molar refractivity (Wildman–Crippen MR) is 116 cm³/mol. The van der Waals surface area contributed by atoms with Gasteiger partial charge in [-0.05, 0) is 29.7 Å². The summed E-state index contributed by atoms with van der Waals surface area (Å²) in [7, 11) is 0. The van der Waals surface area contributed by atoms with Crippen LogP contribution in [0.1, 0.15) is 22.3 Å². The third-order valence-corrected chi connectivity index (χ3v) is 4.47. The molecule has 0 aliphatic heterocycles. The zero-order valence-electron chi connectivity index (χ0n) is 16.4. The van der Waals surface area contributed by atoms with Crippen LogP contribution in [0.15, 0.2) is 90.5 Å². The maximum absolute atomic E-state index is 12.8. The summed E-state index contributed by atoms with van der Waals surface area (Å²) in [6.07, 6.45) is 1.63. The molecule has 0 fully saturated rings. The number of rotatable bonds is 7. The van der Waals surface area contributed by atoms with Gasteiger partial charge >= 0.3 is 0 Å². The van der Waals surface area contributed by atoms with Crippen LogP contribution < -0.4 is 10.6 Å². The fraction of sp³-hybridized carbons (Fsp3) is 0.120. The summed E-state index contributed by atoms with van der Waals surface area (Å²) in [5.41, 5.74) is 3.95. The Hall–Kier alpha value is -3.66. The maximum Gasteiger partial charge on any atom is 0.257 e. The molecule has 2 N–H and O–H groups in total. The second kappa shape index (κ2) is 10.0. The molecule has 0 saturated heterocycles. The second-order valence-corrected chi connectivity index (χ2v) is 6.81. The van der Waals surface area contributed by atoms with Gasteiger partial charge in [0, 0.05) is 13.1 Å². The van der Waals surface area contributed by atoms with Crippen LogP contribution in [0.5, 0.6) is 0 Å². The lowest BCUT2D eigenvalue weighted by Crippen LogP contribution is -2.34. The molecule has 0 aliphatic rings. The van der Waals surface area contributed by atoms with E-state index in [2.05, 4.69) is 10.6 Å². The normalized spacial score (nSPS) is 10.1. The third kappa shape index (κ3) is 6.18. The van der Waals surface area contributed by atoms with E-state index in [4.69, 9.17) is 0 Å². The molecule has 0 bridgehead atoms. The highest BCUT2D eigenvalue weighted by Crippen LogP contribution is 2.10. The maximum atomic E-state index is 12.8. The van der Waals surface area contributed by atoms with E-state index in [0.717, 1.165) is 22.3 Å². The molecule has 0 saturated carbocycles. The van der Waals surface area contributed by atoms with Gasteiger partial charge in [0.25, 0.3) is 11.8 Å². The first kappa shape index (κ1) is 20.1. The van der Waals surface area contributed by atoms with Crippen molar-refractivity contribution in [3.8, 4) is 0 Å². The SMILES string of the molecule is Cc1ccc(C=C(C(=O)NCc2ccccc2)C(=O)NCc2ccccc2)cc1. The van der Waals surface area contributed by atoms with Gasteiger partial charge in [-0.1, -0.05) is 90.5 Å². The minimum atomic E-state index is -0.403. The van der Waals surface area contributed by atoms with E-state index in [1.807, 2.05) is 91.9 Å². The average Bonchev–Trinajstić information content (AvgIpc) is 2.77. The molecule has 0 radical (unpaired) electrons. The Kier molecular flexibility index (Phi) is 6.95. The Bertz CT molecular complexity index is 921. The van der Waals surface area contributed by atoms with Gasteiger partial charge in [0.05, 0.1) is 0 Å². The molecular weight excluding hydrogens is 360 g/mol. The van der Waals surface area contributed by atoms with Gasteiger partial charge in [0.15, 0.2) is 0 Å². The van der Waals surface area contributed by atoms with E-state index in [1.54, 1.807) is 6.08 Å². The van der Waals surface area contributed by atoms with Gasteiger partial charge in [-0.25, -0.2) is 0 Å². The Balaban J connectivity index is 1.75. The molecule has 3 rings (SSSR count). The van der Waals surface area contributed by atoms with Crippen LogP contribution >= 0.6 is 0 Å². The Morgan fingerprint density at radius 2 is 1.14 bits per heavy atom. The van der Waals surface area contributed by atoms with Gasteiger partial charge in [0.2, 0.25) is 0 Å². The number of amides is 2. The number of hydrogen-bond acceptors (Lipinski definition) is 2. The van der Waals surface area contributed by atoms with E-state index >= 15 is 0 Å². The summed E-state index contributed by atoms with van der Waals surface area (Å²) in [6, 6.07) is 26.9. The molecule has 4 heteroatoms. The molecule has 0 atom stereocenters. The van der Waals surface area contributed by atoms with Crippen LogP contribution in [0, 0.1) is 6.92 Å². The summed E-state index contributed by atoms with van der Waals surface area (Å²) in [6.45, 7) is 2.71. The van der Waals surface area contributed by atoms with Gasteiger partial charge in [-0.2, -0.15) is 0 Å². The van der Waals surface area contributed by atoms with Crippen LogP contribution in [-0.2, 0) is 22.7 Å². The van der Waals surface area contributed by atoms with Gasteiger partial charge in [-0.3, -0.25) is 9.59 Å². The van der Waals surface area contributed by atoms with Gasteiger partial charge in [-0.15, -0.1) is 0 Å². The topological polar surface area (TPSA) is 58.2 Å². The highest BCUT2D eigenvalue weighted by atomic mass is 16.2. The highest BCUT2D eigenvalue weighted by molar-refractivity contribution is 6.21. The van der Waals surface area contributed by atoms with Crippen molar-refractivity contribution in [3.05, 3.63) is 113 Å². The summed E-state index contributed by atoms with van der Waals surface area (Å²) >= 11 is 0. The molecule has 0 heterocycles. The Morgan fingerprint density at radius 3 is 1.59 bits per heavy atom. The fourth-order valence-corrected chi connectivity index (χ4v) is 2.81. The third-order valence-electron chi connectivity index (χ3n) is 4.47. The van der Waals surface area contributed by atoms with Crippen molar-refractivity contribution in [1.29, 1.82) is 0 Å². The molecule has 4 nitrogen and oxygen atoms in total. The van der Waals surface area contributed by atoms with Crippen molar-refractivity contribution in [2.45, 2.75) is 20.0 Å². The molecular formula is C25H24N2O2. The monoisotopic (exact) mass is 384 g/mol. The van der Waals surface area contributed by atoms with Gasteiger partial charge in [0.1, 0.15) is 5.57 Å². The lowest BCUT2D eigenvalue weighted by Gasteiger charge is -2.11. The summed E-state index contributed by atoms with van der Waals surface area (Å²) in [5, 5.41) is 5.68. The minimum absolute atomic E-state index is 0.0840. The number of aryl methyl sites for hydroxylation is 1. The first-order chi connectivity index (χ1) is 14.1. The fourth-order valence-electron chi connectivity index (χ4n) is 2.81. The lowest BCUT2D eigenvalue weighted by atomic mass is 10.1. The lowest BCUT2D eigenvalue weighted by molar-refractivity contribution is -0.123.